The molecule has 0 fully saturated rings. The molecule has 0 saturated carbocycles. The molecule has 13 heavy (non-hydrogen) atoms. The Morgan fingerprint density at radius 2 is 2.00 bits per heavy atom. The van der Waals surface area contributed by atoms with E-state index in [1.54, 1.807) is 0 Å². The molecule has 0 aromatic heterocycles. The summed E-state index contributed by atoms with van der Waals surface area (Å²) in [6.07, 6.45) is 2.92. The minimum Gasteiger partial charge on any atom is -0.486 e. The molecule has 0 saturated heterocycles. The number of benzene rings is 1. The van der Waals surface area contributed by atoms with E-state index in [4.69, 9.17) is 4.74 Å². The molecule has 0 radical (unpaired) electrons. The minimum absolute atomic E-state index is 0.128. The van der Waals surface area contributed by atoms with Crippen molar-refractivity contribution in [2.24, 2.45) is 0 Å². The smallest absolute Gasteiger partial charge is 0.120 e. The monoisotopic (exact) mass is 176 g/mol. The molecule has 1 aromatic rings. The molecular formula is C12H16O. The van der Waals surface area contributed by atoms with Gasteiger partial charge in [-0.3, -0.25) is 0 Å². The van der Waals surface area contributed by atoms with Crippen molar-refractivity contribution in [1.82, 2.24) is 0 Å². The molecule has 1 aromatic carbocycles. The lowest BCUT2D eigenvalue weighted by molar-refractivity contribution is 0.245. The molecule has 0 spiro atoms. The normalized spacial score (nSPS) is 12.2. The summed E-state index contributed by atoms with van der Waals surface area (Å²) in [5.74, 6) is 0.914. The van der Waals surface area contributed by atoms with Crippen LogP contribution in [0.15, 0.2) is 36.9 Å². The van der Waals surface area contributed by atoms with Gasteiger partial charge in [-0.05, 0) is 25.5 Å². The molecule has 0 aliphatic carbocycles. The van der Waals surface area contributed by atoms with Gasteiger partial charge < -0.3 is 4.74 Å². The molecule has 1 unspecified atom stereocenters. The van der Waals surface area contributed by atoms with Crippen molar-refractivity contribution in [2.45, 2.75) is 26.4 Å². The topological polar surface area (TPSA) is 9.23 Å². The molecule has 1 nitrogen and oxygen atoms in total. The van der Waals surface area contributed by atoms with Gasteiger partial charge in [-0.2, -0.15) is 0 Å². The van der Waals surface area contributed by atoms with Crippen LogP contribution in [0.4, 0.5) is 0 Å². The van der Waals surface area contributed by atoms with E-state index in [-0.39, 0.29) is 6.10 Å². The zero-order valence-corrected chi connectivity index (χ0v) is 8.29. The second-order valence-electron chi connectivity index (χ2n) is 3.11. The molecule has 0 aliphatic rings. The van der Waals surface area contributed by atoms with Crippen molar-refractivity contribution in [3.8, 4) is 5.75 Å². The summed E-state index contributed by atoms with van der Waals surface area (Å²) >= 11 is 0. The highest BCUT2D eigenvalue weighted by Crippen LogP contribution is 2.14. The fourth-order valence-corrected chi connectivity index (χ4v) is 1.09. The summed E-state index contributed by atoms with van der Waals surface area (Å²) in [6, 6.07) is 8.07. The maximum absolute atomic E-state index is 5.65. The van der Waals surface area contributed by atoms with E-state index >= 15 is 0 Å². The SMILES string of the molecule is C=CC(CC)Oc1ccc(C)cc1. The number of hydrogen-bond donors (Lipinski definition) is 0. The van der Waals surface area contributed by atoms with E-state index in [1.165, 1.54) is 5.56 Å². The first-order valence-corrected chi connectivity index (χ1v) is 4.62. The van der Waals surface area contributed by atoms with Crippen LogP contribution in [-0.4, -0.2) is 6.10 Å². The van der Waals surface area contributed by atoms with Crippen molar-refractivity contribution >= 4 is 0 Å². The summed E-state index contributed by atoms with van der Waals surface area (Å²) < 4.78 is 5.65. The molecule has 0 aliphatic heterocycles. The van der Waals surface area contributed by atoms with Crippen molar-refractivity contribution < 1.29 is 4.74 Å². The summed E-state index contributed by atoms with van der Waals surface area (Å²) in [5, 5.41) is 0. The van der Waals surface area contributed by atoms with Gasteiger partial charge in [0.2, 0.25) is 0 Å². The van der Waals surface area contributed by atoms with E-state index < -0.39 is 0 Å². The first-order chi connectivity index (χ1) is 6.26. The van der Waals surface area contributed by atoms with Gasteiger partial charge in [-0.25, -0.2) is 0 Å². The average molecular weight is 176 g/mol. The molecular weight excluding hydrogens is 160 g/mol. The summed E-state index contributed by atoms with van der Waals surface area (Å²) in [4.78, 5) is 0. The molecule has 0 heterocycles. The lowest BCUT2D eigenvalue weighted by Gasteiger charge is -2.13. The highest BCUT2D eigenvalue weighted by Gasteiger charge is 2.01. The molecule has 1 atom stereocenters. The Labute approximate surface area is 80.0 Å². The van der Waals surface area contributed by atoms with Gasteiger partial charge in [-0.1, -0.05) is 37.3 Å². The molecule has 70 valence electrons. The Hall–Kier alpha value is -1.24. The van der Waals surface area contributed by atoms with E-state index in [2.05, 4.69) is 20.4 Å². The summed E-state index contributed by atoms with van der Waals surface area (Å²) in [7, 11) is 0. The first kappa shape index (κ1) is 9.85. The van der Waals surface area contributed by atoms with Gasteiger partial charge in [0.25, 0.3) is 0 Å². The lowest BCUT2D eigenvalue weighted by Crippen LogP contribution is -2.11. The molecule has 1 rings (SSSR count). The van der Waals surface area contributed by atoms with E-state index in [9.17, 15) is 0 Å². The second-order valence-corrected chi connectivity index (χ2v) is 3.11. The van der Waals surface area contributed by atoms with Gasteiger partial charge in [0.15, 0.2) is 0 Å². The lowest BCUT2D eigenvalue weighted by atomic mass is 10.2. The fraction of sp³-hybridized carbons (Fsp3) is 0.333. The quantitative estimate of drug-likeness (QED) is 0.639. The number of rotatable bonds is 4. The van der Waals surface area contributed by atoms with Gasteiger partial charge in [0.05, 0.1) is 0 Å². The predicted octanol–water partition coefficient (Wildman–Crippen LogP) is 3.34. The fourth-order valence-electron chi connectivity index (χ4n) is 1.09. The highest BCUT2D eigenvalue weighted by atomic mass is 16.5. The van der Waals surface area contributed by atoms with Gasteiger partial charge in [-0.15, -0.1) is 0 Å². The van der Waals surface area contributed by atoms with Gasteiger partial charge >= 0.3 is 0 Å². The van der Waals surface area contributed by atoms with Crippen LogP contribution in [0.25, 0.3) is 0 Å². The van der Waals surface area contributed by atoms with Crippen LogP contribution in [0.2, 0.25) is 0 Å². The number of aryl methyl sites for hydroxylation is 1. The number of ether oxygens (including phenoxy) is 1. The average Bonchev–Trinajstić information content (AvgIpc) is 2.17. The Bertz CT molecular complexity index is 261. The van der Waals surface area contributed by atoms with Gasteiger partial charge in [0.1, 0.15) is 11.9 Å². The van der Waals surface area contributed by atoms with E-state index in [0.29, 0.717) is 0 Å². The van der Waals surface area contributed by atoms with Crippen molar-refractivity contribution in [3.63, 3.8) is 0 Å². The molecule has 0 bridgehead atoms. The van der Waals surface area contributed by atoms with Crippen molar-refractivity contribution in [3.05, 3.63) is 42.5 Å². The first-order valence-electron chi connectivity index (χ1n) is 4.62. The zero-order valence-electron chi connectivity index (χ0n) is 8.29. The largest absolute Gasteiger partial charge is 0.486 e. The van der Waals surface area contributed by atoms with Crippen molar-refractivity contribution in [1.29, 1.82) is 0 Å². The van der Waals surface area contributed by atoms with Gasteiger partial charge in [0, 0.05) is 0 Å². The maximum Gasteiger partial charge on any atom is 0.120 e. The molecule has 0 N–H and O–H groups in total. The predicted molar refractivity (Wildman–Crippen MR) is 56.1 cm³/mol. The second kappa shape index (κ2) is 4.70. The Kier molecular flexibility index (Phi) is 3.56. The van der Waals surface area contributed by atoms with Crippen LogP contribution in [0.5, 0.6) is 5.75 Å². The highest BCUT2D eigenvalue weighted by molar-refractivity contribution is 5.26. The van der Waals surface area contributed by atoms with E-state index in [1.807, 2.05) is 30.3 Å². The third-order valence-electron chi connectivity index (χ3n) is 1.97. The Balaban J connectivity index is 2.63. The third kappa shape index (κ3) is 2.94. The Morgan fingerprint density at radius 1 is 1.38 bits per heavy atom. The molecule has 0 amide bonds. The van der Waals surface area contributed by atoms with E-state index in [0.717, 1.165) is 12.2 Å². The van der Waals surface area contributed by atoms with Crippen LogP contribution in [-0.2, 0) is 0 Å². The Morgan fingerprint density at radius 3 is 2.46 bits per heavy atom. The van der Waals surface area contributed by atoms with Crippen molar-refractivity contribution in [2.75, 3.05) is 0 Å². The number of hydrogen-bond acceptors (Lipinski definition) is 1. The van der Waals surface area contributed by atoms with Crippen LogP contribution >= 0.6 is 0 Å². The third-order valence-corrected chi connectivity index (χ3v) is 1.97. The van der Waals surface area contributed by atoms with Crippen LogP contribution < -0.4 is 4.74 Å². The zero-order chi connectivity index (χ0) is 9.68. The summed E-state index contributed by atoms with van der Waals surface area (Å²) in [6.45, 7) is 7.87. The summed E-state index contributed by atoms with van der Waals surface area (Å²) in [5.41, 5.74) is 1.25. The standard InChI is InChI=1S/C12H16O/c1-4-11(5-2)13-12-8-6-10(3)7-9-12/h4,6-9,11H,1,5H2,2-3H3. The minimum atomic E-state index is 0.128. The molecule has 1 heteroatoms. The van der Waals surface area contributed by atoms with Crippen LogP contribution in [0, 0.1) is 6.92 Å². The maximum atomic E-state index is 5.65. The van der Waals surface area contributed by atoms with Crippen LogP contribution in [0.1, 0.15) is 18.9 Å². The van der Waals surface area contributed by atoms with Crippen LogP contribution in [0.3, 0.4) is 0 Å².